The predicted molar refractivity (Wildman–Crippen MR) is 76.3 cm³/mol. The van der Waals surface area contributed by atoms with Gasteiger partial charge in [0.15, 0.2) is 11.6 Å². The van der Waals surface area contributed by atoms with Crippen molar-refractivity contribution in [2.24, 2.45) is 5.92 Å². The van der Waals surface area contributed by atoms with Gasteiger partial charge in [-0.05, 0) is 31.4 Å². The molecule has 7 heteroatoms. The van der Waals surface area contributed by atoms with Crippen LogP contribution in [-0.4, -0.2) is 45.8 Å². The van der Waals surface area contributed by atoms with Crippen LogP contribution in [-0.2, 0) is 0 Å². The van der Waals surface area contributed by atoms with Crippen molar-refractivity contribution >= 4 is 5.95 Å². The lowest BCUT2D eigenvalue weighted by Crippen LogP contribution is -2.40. The SMILES string of the molecule is Fc1cnccc1-c1nc(N2CC3CCCNC3C2)n[nH]1. The Morgan fingerprint density at radius 2 is 2.29 bits per heavy atom. The number of pyridine rings is 1. The first-order valence-corrected chi connectivity index (χ1v) is 7.32. The predicted octanol–water partition coefficient (Wildman–Crippen LogP) is 1.19. The van der Waals surface area contributed by atoms with Crippen LogP contribution in [0.5, 0.6) is 0 Å². The number of nitrogens with one attached hydrogen (secondary N) is 2. The van der Waals surface area contributed by atoms with Gasteiger partial charge in [0.25, 0.3) is 0 Å². The normalized spacial score (nSPS) is 25.1. The third kappa shape index (κ3) is 2.27. The molecule has 21 heavy (non-hydrogen) atoms. The Morgan fingerprint density at radius 3 is 3.14 bits per heavy atom. The quantitative estimate of drug-likeness (QED) is 0.869. The minimum Gasteiger partial charge on any atom is -0.338 e. The number of nitrogens with zero attached hydrogens (tertiary/aromatic N) is 4. The largest absolute Gasteiger partial charge is 0.338 e. The Hall–Kier alpha value is -2.02. The highest BCUT2D eigenvalue weighted by Gasteiger charge is 2.35. The average Bonchev–Trinajstić information content (AvgIpc) is 3.14. The van der Waals surface area contributed by atoms with Crippen LogP contribution >= 0.6 is 0 Å². The highest BCUT2D eigenvalue weighted by atomic mass is 19.1. The molecule has 2 aliphatic heterocycles. The van der Waals surface area contributed by atoms with Gasteiger partial charge < -0.3 is 10.2 Å². The van der Waals surface area contributed by atoms with Gasteiger partial charge in [-0.3, -0.25) is 10.1 Å². The zero-order valence-corrected chi connectivity index (χ0v) is 11.6. The van der Waals surface area contributed by atoms with E-state index < -0.39 is 5.82 Å². The molecule has 2 aliphatic rings. The van der Waals surface area contributed by atoms with Crippen LogP contribution in [0.4, 0.5) is 10.3 Å². The van der Waals surface area contributed by atoms with E-state index in [9.17, 15) is 4.39 Å². The molecule has 0 aromatic carbocycles. The summed E-state index contributed by atoms with van der Waals surface area (Å²) in [5.74, 6) is 1.38. The van der Waals surface area contributed by atoms with E-state index in [1.807, 2.05) is 0 Å². The van der Waals surface area contributed by atoms with E-state index in [1.54, 1.807) is 12.3 Å². The Labute approximate surface area is 121 Å². The van der Waals surface area contributed by atoms with Crippen molar-refractivity contribution in [2.45, 2.75) is 18.9 Å². The van der Waals surface area contributed by atoms with Crippen molar-refractivity contribution in [1.82, 2.24) is 25.5 Å². The van der Waals surface area contributed by atoms with Crippen molar-refractivity contribution in [3.05, 3.63) is 24.3 Å². The molecule has 2 N–H and O–H groups in total. The molecule has 0 bridgehead atoms. The molecule has 2 aromatic heterocycles. The van der Waals surface area contributed by atoms with Crippen LogP contribution < -0.4 is 10.2 Å². The molecule has 0 amide bonds. The number of hydrogen-bond donors (Lipinski definition) is 2. The molecule has 0 aliphatic carbocycles. The molecule has 4 rings (SSSR count). The van der Waals surface area contributed by atoms with E-state index in [1.165, 1.54) is 19.0 Å². The lowest BCUT2D eigenvalue weighted by Gasteiger charge is -2.24. The van der Waals surface area contributed by atoms with Crippen molar-refractivity contribution in [3.8, 4) is 11.4 Å². The molecule has 0 saturated carbocycles. The molecular weight excluding hydrogens is 271 g/mol. The first-order valence-electron chi connectivity index (χ1n) is 7.32. The number of hydrogen-bond acceptors (Lipinski definition) is 5. The highest BCUT2D eigenvalue weighted by Crippen LogP contribution is 2.28. The maximum Gasteiger partial charge on any atom is 0.245 e. The molecular formula is C14H17FN6. The van der Waals surface area contributed by atoms with E-state index in [0.29, 0.717) is 29.3 Å². The molecule has 2 atom stereocenters. The summed E-state index contributed by atoms with van der Waals surface area (Å²) in [6.07, 6.45) is 5.22. The van der Waals surface area contributed by atoms with Gasteiger partial charge in [0.2, 0.25) is 5.95 Å². The third-order valence-corrected chi connectivity index (χ3v) is 4.38. The van der Waals surface area contributed by atoms with Gasteiger partial charge in [0, 0.05) is 25.3 Å². The zero-order chi connectivity index (χ0) is 14.2. The number of aromatic nitrogens is 4. The monoisotopic (exact) mass is 288 g/mol. The van der Waals surface area contributed by atoms with Gasteiger partial charge in [-0.25, -0.2) is 4.39 Å². The Kier molecular flexibility index (Phi) is 3.07. The Balaban J connectivity index is 1.56. The number of halogens is 1. The van der Waals surface area contributed by atoms with Crippen molar-refractivity contribution < 1.29 is 4.39 Å². The minimum atomic E-state index is -0.392. The van der Waals surface area contributed by atoms with E-state index in [4.69, 9.17) is 0 Å². The summed E-state index contributed by atoms with van der Waals surface area (Å²) in [7, 11) is 0. The Morgan fingerprint density at radius 1 is 1.33 bits per heavy atom. The van der Waals surface area contributed by atoms with Crippen LogP contribution in [0.2, 0.25) is 0 Å². The first-order chi connectivity index (χ1) is 10.3. The number of piperidine rings is 1. The summed E-state index contributed by atoms with van der Waals surface area (Å²) in [5, 5.41) is 10.6. The molecule has 2 unspecified atom stereocenters. The fraction of sp³-hybridized carbons (Fsp3) is 0.500. The molecule has 2 aromatic rings. The van der Waals surface area contributed by atoms with Gasteiger partial charge in [-0.2, -0.15) is 4.98 Å². The topological polar surface area (TPSA) is 69.7 Å². The first kappa shape index (κ1) is 12.7. The summed E-state index contributed by atoms with van der Waals surface area (Å²) >= 11 is 0. The molecule has 6 nitrogen and oxygen atoms in total. The van der Waals surface area contributed by atoms with Crippen molar-refractivity contribution in [2.75, 3.05) is 24.5 Å². The van der Waals surface area contributed by atoms with Crippen molar-refractivity contribution in [3.63, 3.8) is 0 Å². The van der Waals surface area contributed by atoms with Gasteiger partial charge in [-0.15, -0.1) is 5.10 Å². The molecule has 110 valence electrons. The number of fused-ring (bicyclic) bond motifs is 1. The fourth-order valence-electron chi connectivity index (χ4n) is 3.29. The maximum atomic E-state index is 13.7. The van der Waals surface area contributed by atoms with Gasteiger partial charge >= 0.3 is 0 Å². The number of H-pyrrole nitrogens is 1. The van der Waals surface area contributed by atoms with Crippen LogP contribution in [0, 0.1) is 11.7 Å². The van der Waals surface area contributed by atoms with Crippen molar-refractivity contribution in [1.29, 1.82) is 0 Å². The lowest BCUT2D eigenvalue weighted by atomic mass is 9.94. The van der Waals surface area contributed by atoms with E-state index in [-0.39, 0.29) is 0 Å². The number of aromatic amines is 1. The summed E-state index contributed by atoms with van der Waals surface area (Å²) in [5.41, 5.74) is 0.401. The van der Waals surface area contributed by atoms with Gasteiger partial charge in [-0.1, -0.05) is 0 Å². The average molecular weight is 288 g/mol. The van der Waals surface area contributed by atoms with Crippen LogP contribution in [0.25, 0.3) is 11.4 Å². The highest BCUT2D eigenvalue weighted by molar-refractivity contribution is 5.56. The number of anilines is 1. The second kappa shape index (κ2) is 5.07. The summed E-state index contributed by atoms with van der Waals surface area (Å²) in [4.78, 5) is 10.4. The fourth-order valence-corrected chi connectivity index (χ4v) is 3.29. The molecule has 0 radical (unpaired) electrons. The Bertz CT molecular complexity index is 628. The number of rotatable bonds is 2. The molecule has 4 heterocycles. The van der Waals surface area contributed by atoms with E-state index in [0.717, 1.165) is 19.6 Å². The maximum absolute atomic E-state index is 13.7. The van der Waals surface area contributed by atoms with Crippen LogP contribution in [0.3, 0.4) is 0 Å². The van der Waals surface area contributed by atoms with Crippen LogP contribution in [0.1, 0.15) is 12.8 Å². The van der Waals surface area contributed by atoms with Gasteiger partial charge in [0.1, 0.15) is 0 Å². The van der Waals surface area contributed by atoms with E-state index in [2.05, 4.69) is 30.4 Å². The standard InChI is InChI=1S/C14H17FN6/c15-11-6-16-5-3-10(11)13-18-14(20-19-13)21-7-9-2-1-4-17-12(9)8-21/h3,5-6,9,12,17H,1-2,4,7-8H2,(H,18,19,20). The van der Waals surface area contributed by atoms with E-state index >= 15 is 0 Å². The molecule has 0 spiro atoms. The lowest BCUT2D eigenvalue weighted by molar-refractivity contribution is 0.340. The summed E-state index contributed by atoms with van der Waals surface area (Å²) in [6.45, 7) is 2.98. The molecule has 2 fully saturated rings. The third-order valence-electron chi connectivity index (χ3n) is 4.38. The van der Waals surface area contributed by atoms with Crippen LogP contribution in [0.15, 0.2) is 18.5 Å². The summed E-state index contributed by atoms with van der Waals surface area (Å²) < 4.78 is 13.7. The second-order valence-corrected chi connectivity index (χ2v) is 5.71. The zero-order valence-electron chi connectivity index (χ0n) is 11.6. The molecule has 2 saturated heterocycles. The second-order valence-electron chi connectivity index (χ2n) is 5.71. The van der Waals surface area contributed by atoms with Gasteiger partial charge in [0.05, 0.1) is 11.8 Å². The smallest absolute Gasteiger partial charge is 0.245 e. The minimum absolute atomic E-state index is 0.392. The summed E-state index contributed by atoms with van der Waals surface area (Å²) in [6, 6.07) is 2.13.